The molecule has 0 spiro atoms. The van der Waals surface area contributed by atoms with Gasteiger partial charge in [-0.1, -0.05) is 0 Å². The molecule has 20 heteroatoms. The second kappa shape index (κ2) is 16.9. The zero-order valence-electron chi connectivity index (χ0n) is 24.3. The van der Waals surface area contributed by atoms with Gasteiger partial charge in [0.1, 0.15) is 54.9 Å². The summed E-state index contributed by atoms with van der Waals surface area (Å²) in [7, 11) is 0. The normalized spacial score (nSPS) is 43.0. The number of ether oxygens (including phenoxy) is 4. The summed E-state index contributed by atoms with van der Waals surface area (Å²) in [6, 6.07) is -5.40. The van der Waals surface area contributed by atoms with Gasteiger partial charge in [0.2, 0.25) is 0 Å². The van der Waals surface area contributed by atoms with E-state index in [0.717, 1.165) is 0 Å². The second-order valence-corrected chi connectivity index (χ2v) is 11.2. The molecule has 2 heterocycles. The monoisotopic (exact) mass is 642 g/mol. The van der Waals surface area contributed by atoms with E-state index >= 15 is 0 Å². The zero-order valence-corrected chi connectivity index (χ0v) is 24.3. The van der Waals surface area contributed by atoms with Crippen LogP contribution in [0.5, 0.6) is 0 Å². The van der Waals surface area contributed by atoms with Crippen LogP contribution in [0.3, 0.4) is 0 Å². The lowest BCUT2D eigenvalue weighted by Gasteiger charge is -2.49. The van der Waals surface area contributed by atoms with Crippen LogP contribution in [-0.2, 0) is 18.9 Å². The van der Waals surface area contributed by atoms with Crippen molar-refractivity contribution in [2.45, 2.75) is 105 Å². The van der Waals surface area contributed by atoms with E-state index in [1.807, 2.05) is 0 Å². The summed E-state index contributed by atoms with van der Waals surface area (Å²) in [5.74, 6) is 0. The van der Waals surface area contributed by atoms with Crippen LogP contribution in [0.25, 0.3) is 0 Å². The third kappa shape index (κ3) is 8.49. The van der Waals surface area contributed by atoms with E-state index < -0.39 is 104 Å². The van der Waals surface area contributed by atoms with Crippen LogP contribution in [0, 0.1) is 0 Å². The number of hydroxylamine groups is 2. The minimum atomic E-state index is -1.68. The average Bonchev–Trinajstić information content (AvgIpc) is 3.00. The molecule has 19 N–H and O–H groups in total. The third-order valence-electron chi connectivity index (χ3n) is 8.12. The van der Waals surface area contributed by atoms with Gasteiger partial charge in [0.05, 0.1) is 31.3 Å². The topological polar surface area (TPSA) is 353 Å². The Labute approximate surface area is 254 Å². The van der Waals surface area contributed by atoms with Gasteiger partial charge >= 0.3 is 6.03 Å². The van der Waals surface area contributed by atoms with Crippen LogP contribution in [0.2, 0.25) is 0 Å². The molecule has 258 valence electrons. The highest BCUT2D eigenvalue weighted by molar-refractivity contribution is 5.73. The Hall–Kier alpha value is -1.41. The van der Waals surface area contributed by atoms with Gasteiger partial charge in [-0.05, 0) is 25.9 Å². The van der Waals surface area contributed by atoms with Gasteiger partial charge in [0.15, 0.2) is 12.6 Å². The van der Waals surface area contributed by atoms with Gasteiger partial charge in [0.25, 0.3) is 0 Å². The fourth-order valence-electron chi connectivity index (χ4n) is 5.56. The Morgan fingerprint density at radius 1 is 0.864 bits per heavy atom. The standard InChI is InChI=1S/C24H50N8O12/c25-2-1-4-30-14-18(37)16(35)11(7-27)41-22(14)43-20-9(28)6-10(31-24(39)32(40)5-3-26)21(19(20)38)44-23-17(36)13(29)15(34)12(8-33)42-23/h9-23,30,33-38,40H,1-8,25-29H2,(H,31,39)/t9-,10+,11+,12+,13-,14+,15+,16+,17+,18+,19-,20?,21-,22+,23+/m0/s1. The van der Waals surface area contributed by atoms with E-state index in [2.05, 4.69) is 10.6 Å². The van der Waals surface area contributed by atoms with Crippen molar-refractivity contribution < 1.29 is 59.6 Å². The lowest BCUT2D eigenvalue weighted by Crippen LogP contribution is -2.70. The first-order chi connectivity index (χ1) is 20.9. The van der Waals surface area contributed by atoms with E-state index in [0.29, 0.717) is 24.6 Å². The number of aliphatic hydroxyl groups excluding tert-OH is 6. The lowest BCUT2D eigenvalue weighted by atomic mass is 9.83. The van der Waals surface area contributed by atoms with Gasteiger partial charge in [-0.15, -0.1) is 0 Å². The van der Waals surface area contributed by atoms with Gasteiger partial charge in [-0.2, -0.15) is 0 Å². The summed E-state index contributed by atoms with van der Waals surface area (Å²) >= 11 is 0. The molecule has 20 nitrogen and oxygen atoms in total. The van der Waals surface area contributed by atoms with Crippen molar-refractivity contribution in [3.63, 3.8) is 0 Å². The number of amides is 2. The molecular formula is C24H50N8O12. The molecule has 3 rings (SSSR count). The van der Waals surface area contributed by atoms with Crippen LogP contribution in [0.4, 0.5) is 4.79 Å². The SMILES string of the molecule is NCCCN[C@H]1[C@@H](OC2[C@@H](N)C[C@@H](NC(=O)N(O)CCN)[C@H](O[C@H]3O[C@H](CO)[C@@H](O)[C@H](N)[C@H]3O)[C@H]2O)O[C@H](CN)[C@@H](O)[C@@H]1O. The van der Waals surface area contributed by atoms with Crippen LogP contribution < -0.4 is 39.3 Å². The fourth-order valence-corrected chi connectivity index (χ4v) is 5.56. The molecule has 15 atom stereocenters. The minimum Gasteiger partial charge on any atom is -0.394 e. The molecule has 0 aromatic carbocycles. The van der Waals surface area contributed by atoms with Crippen molar-refractivity contribution in [2.24, 2.45) is 28.7 Å². The number of nitrogens with one attached hydrogen (secondary N) is 2. The van der Waals surface area contributed by atoms with Gasteiger partial charge in [0, 0.05) is 19.1 Å². The maximum Gasteiger partial charge on any atom is 0.341 e. The zero-order chi connectivity index (χ0) is 32.7. The number of rotatable bonds is 13. The minimum absolute atomic E-state index is 0.0519. The van der Waals surface area contributed by atoms with Crippen molar-refractivity contribution in [1.82, 2.24) is 15.7 Å². The fraction of sp³-hybridized carbons (Fsp3) is 0.958. The molecule has 2 saturated heterocycles. The maximum atomic E-state index is 12.6. The Morgan fingerprint density at radius 3 is 2.14 bits per heavy atom. The highest BCUT2D eigenvalue weighted by Crippen LogP contribution is 2.32. The summed E-state index contributed by atoms with van der Waals surface area (Å²) < 4.78 is 23.4. The van der Waals surface area contributed by atoms with Crippen LogP contribution in [-0.4, -0.2) is 178 Å². The average molecular weight is 643 g/mol. The smallest absolute Gasteiger partial charge is 0.341 e. The highest BCUT2D eigenvalue weighted by Gasteiger charge is 2.52. The van der Waals surface area contributed by atoms with Crippen molar-refractivity contribution in [3.05, 3.63) is 0 Å². The van der Waals surface area contributed by atoms with Gasteiger partial charge in [-0.25, -0.2) is 9.86 Å². The summed E-state index contributed by atoms with van der Waals surface area (Å²) in [4.78, 5) is 12.6. The first kappa shape index (κ1) is 37.1. The number of urea groups is 1. The molecule has 1 unspecified atom stereocenters. The maximum absolute atomic E-state index is 12.6. The lowest BCUT2D eigenvalue weighted by molar-refractivity contribution is -0.321. The largest absolute Gasteiger partial charge is 0.394 e. The summed E-state index contributed by atoms with van der Waals surface area (Å²) in [6.07, 6.45) is -14.9. The van der Waals surface area contributed by atoms with Crippen molar-refractivity contribution >= 4 is 6.03 Å². The molecule has 0 aromatic rings. The van der Waals surface area contributed by atoms with Crippen LogP contribution in [0.1, 0.15) is 12.8 Å². The summed E-state index contributed by atoms with van der Waals surface area (Å²) in [5.41, 5.74) is 29.0. The van der Waals surface area contributed by atoms with E-state index in [4.69, 9.17) is 47.6 Å². The van der Waals surface area contributed by atoms with Gasteiger partial charge in [-0.3, -0.25) is 5.21 Å². The molecule has 1 saturated carbocycles. The van der Waals surface area contributed by atoms with E-state index in [9.17, 15) is 40.6 Å². The van der Waals surface area contributed by atoms with Crippen LogP contribution >= 0.6 is 0 Å². The van der Waals surface area contributed by atoms with E-state index in [-0.39, 0.29) is 26.1 Å². The Bertz CT molecular complexity index is 885. The molecule has 2 aliphatic heterocycles. The van der Waals surface area contributed by atoms with Gasteiger partial charge < -0.3 is 88.9 Å². The predicted octanol–water partition coefficient (Wildman–Crippen LogP) is -7.94. The molecule has 44 heavy (non-hydrogen) atoms. The Morgan fingerprint density at radius 2 is 1.52 bits per heavy atom. The van der Waals surface area contributed by atoms with Crippen molar-refractivity contribution in [2.75, 3.05) is 39.3 Å². The number of hydrogen-bond acceptors (Lipinski definition) is 18. The highest BCUT2D eigenvalue weighted by atomic mass is 16.7. The number of carbonyl (C=O) groups is 1. The number of nitrogens with zero attached hydrogens (tertiary/aromatic N) is 1. The quantitative estimate of drug-likeness (QED) is 0.0503. The van der Waals surface area contributed by atoms with Crippen LogP contribution in [0.15, 0.2) is 0 Å². The molecule has 0 aromatic heterocycles. The number of carbonyl (C=O) groups excluding carboxylic acids is 1. The first-order valence-electron chi connectivity index (χ1n) is 14.6. The molecule has 0 bridgehead atoms. The van der Waals surface area contributed by atoms with E-state index in [1.54, 1.807) is 0 Å². The molecular weight excluding hydrogens is 592 g/mol. The third-order valence-corrected chi connectivity index (χ3v) is 8.12. The van der Waals surface area contributed by atoms with Crippen molar-refractivity contribution in [3.8, 4) is 0 Å². The number of nitrogens with two attached hydrogens (primary N) is 5. The Balaban J connectivity index is 1.88. The Kier molecular flexibility index (Phi) is 14.3. The molecule has 3 fully saturated rings. The predicted molar refractivity (Wildman–Crippen MR) is 149 cm³/mol. The molecule has 3 aliphatic rings. The van der Waals surface area contributed by atoms with E-state index in [1.165, 1.54) is 0 Å². The summed E-state index contributed by atoms with van der Waals surface area (Å²) in [6.45, 7) is -0.425. The number of aliphatic hydroxyl groups is 6. The molecule has 1 aliphatic carbocycles. The molecule has 0 radical (unpaired) electrons. The number of hydrogen-bond donors (Lipinski definition) is 14. The van der Waals surface area contributed by atoms with Crippen molar-refractivity contribution in [1.29, 1.82) is 0 Å². The molecule has 2 amide bonds. The summed E-state index contributed by atoms with van der Waals surface area (Å²) in [5, 5.41) is 79.3. The first-order valence-corrected chi connectivity index (χ1v) is 14.6. The second-order valence-electron chi connectivity index (χ2n) is 11.2.